The normalized spacial score (nSPS) is 14.9. The molecule has 1 unspecified atom stereocenters. The lowest BCUT2D eigenvalue weighted by molar-refractivity contribution is 0.191. The lowest BCUT2D eigenvalue weighted by Crippen LogP contribution is -2.52. The van der Waals surface area contributed by atoms with Crippen LogP contribution < -0.4 is 24.4 Å². The van der Waals surface area contributed by atoms with Crippen LogP contribution in [0.5, 0.6) is 17.2 Å². The van der Waals surface area contributed by atoms with Gasteiger partial charge in [0.05, 0.1) is 27.4 Å². The molecule has 1 fully saturated rings. The Morgan fingerprint density at radius 3 is 2.03 bits per heavy atom. The summed E-state index contributed by atoms with van der Waals surface area (Å²) < 4.78 is 16.3. The number of benzene rings is 2. The van der Waals surface area contributed by atoms with E-state index in [1.807, 2.05) is 54.3 Å². The highest BCUT2D eigenvalue weighted by Gasteiger charge is 2.24. The SMILES string of the molecule is COc1cc(N2CCN(C(=O)NC(C)c3ccccc3)CC2)cc(OC)c1OC. The number of urea groups is 1. The predicted octanol–water partition coefficient (Wildman–Crippen LogP) is 3.31. The molecule has 7 nitrogen and oxygen atoms in total. The number of carbonyl (C=O) groups is 1. The molecule has 1 atom stereocenters. The van der Waals surface area contributed by atoms with Crippen molar-refractivity contribution in [3.05, 3.63) is 48.0 Å². The zero-order valence-electron chi connectivity index (χ0n) is 17.5. The number of nitrogens with zero attached hydrogens (tertiary/aromatic N) is 2. The molecule has 2 aromatic rings. The first-order valence-corrected chi connectivity index (χ1v) is 9.72. The van der Waals surface area contributed by atoms with E-state index in [4.69, 9.17) is 14.2 Å². The number of methoxy groups -OCH3 is 3. The van der Waals surface area contributed by atoms with Crippen molar-refractivity contribution in [2.75, 3.05) is 52.4 Å². The van der Waals surface area contributed by atoms with Crippen LogP contribution in [0.15, 0.2) is 42.5 Å². The molecule has 2 aromatic carbocycles. The van der Waals surface area contributed by atoms with Crippen molar-refractivity contribution < 1.29 is 19.0 Å². The Morgan fingerprint density at radius 2 is 1.52 bits per heavy atom. The van der Waals surface area contributed by atoms with Gasteiger partial charge in [-0.15, -0.1) is 0 Å². The van der Waals surface area contributed by atoms with Crippen molar-refractivity contribution in [1.82, 2.24) is 10.2 Å². The Kier molecular flexibility index (Phi) is 6.69. The smallest absolute Gasteiger partial charge is 0.317 e. The van der Waals surface area contributed by atoms with Crippen molar-refractivity contribution in [2.24, 2.45) is 0 Å². The molecule has 7 heteroatoms. The second-order valence-electron chi connectivity index (χ2n) is 6.94. The third-order valence-corrected chi connectivity index (χ3v) is 5.22. The Hall–Kier alpha value is -3.09. The van der Waals surface area contributed by atoms with Crippen LogP contribution in [-0.4, -0.2) is 58.4 Å². The van der Waals surface area contributed by atoms with E-state index >= 15 is 0 Å². The average Bonchev–Trinajstić information content (AvgIpc) is 2.78. The van der Waals surface area contributed by atoms with Gasteiger partial charge in [0, 0.05) is 44.0 Å². The third-order valence-electron chi connectivity index (χ3n) is 5.22. The maximum Gasteiger partial charge on any atom is 0.317 e. The number of ether oxygens (including phenoxy) is 3. The van der Waals surface area contributed by atoms with E-state index in [-0.39, 0.29) is 12.1 Å². The summed E-state index contributed by atoms with van der Waals surface area (Å²) in [5.74, 6) is 1.82. The van der Waals surface area contributed by atoms with Gasteiger partial charge in [0.15, 0.2) is 11.5 Å². The molecule has 0 radical (unpaired) electrons. The predicted molar refractivity (Wildman–Crippen MR) is 113 cm³/mol. The summed E-state index contributed by atoms with van der Waals surface area (Å²) in [4.78, 5) is 16.7. The minimum atomic E-state index is -0.0362. The molecule has 0 aromatic heterocycles. The first-order valence-electron chi connectivity index (χ1n) is 9.72. The van der Waals surface area contributed by atoms with E-state index in [1.54, 1.807) is 21.3 Å². The fraction of sp³-hybridized carbons (Fsp3) is 0.409. The number of rotatable bonds is 6. The van der Waals surface area contributed by atoms with Crippen LogP contribution in [0, 0.1) is 0 Å². The first kappa shape index (κ1) is 20.6. The van der Waals surface area contributed by atoms with Crippen LogP contribution in [-0.2, 0) is 0 Å². The monoisotopic (exact) mass is 399 g/mol. The van der Waals surface area contributed by atoms with Gasteiger partial charge in [-0.3, -0.25) is 0 Å². The Labute approximate surface area is 172 Å². The molecule has 1 aliphatic rings. The molecule has 0 saturated carbocycles. The summed E-state index contributed by atoms with van der Waals surface area (Å²) in [6.07, 6.45) is 0. The Balaban J connectivity index is 1.62. The van der Waals surface area contributed by atoms with Gasteiger partial charge in [0.25, 0.3) is 0 Å². The second-order valence-corrected chi connectivity index (χ2v) is 6.94. The molecule has 1 N–H and O–H groups in total. The van der Waals surface area contributed by atoms with Crippen LogP contribution in [0.3, 0.4) is 0 Å². The molecule has 29 heavy (non-hydrogen) atoms. The van der Waals surface area contributed by atoms with E-state index < -0.39 is 0 Å². The highest BCUT2D eigenvalue weighted by Crippen LogP contribution is 2.41. The molecule has 2 amide bonds. The zero-order valence-corrected chi connectivity index (χ0v) is 17.5. The largest absolute Gasteiger partial charge is 0.493 e. The summed E-state index contributed by atoms with van der Waals surface area (Å²) in [5.41, 5.74) is 2.08. The van der Waals surface area contributed by atoms with Crippen molar-refractivity contribution in [3.63, 3.8) is 0 Å². The van der Waals surface area contributed by atoms with Gasteiger partial charge in [-0.25, -0.2) is 4.79 Å². The van der Waals surface area contributed by atoms with Gasteiger partial charge in [0.2, 0.25) is 5.75 Å². The molecule has 1 saturated heterocycles. The van der Waals surface area contributed by atoms with Gasteiger partial charge in [-0.2, -0.15) is 0 Å². The maximum absolute atomic E-state index is 12.6. The molecule has 3 rings (SSSR count). The highest BCUT2D eigenvalue weighted by molar-refractivity contribution is 5.75. The van der Waals surface area contributed by atoms with Crippen LogP contribution in [0.1, 0.15) is 18.5 Å². The van der Waals surface area contributed by atoms with Crippen molar-refractivity contribution >= 4 is 11.7 Å². The molecular weight excluding hydrogens is 370 g/mol. The fourth-order valence-corrected chi connectivity index (χ4v) is 3.52. The van der Waals surface area contributed by atoms with Gasteiger partial charge >= 0.3 is 6.03 Å². The lowest BCUT2D eigenvalue weighted by atomic mass is 10.1. The highest BCUT2D eigenvalue weighted by atomic mass is 16.5. The molecule has 1 heterocycles. The molecule has 0 spiro atoms. The minimum absolute atomic E-state index is 0.0307. The average molecular weight is 399 g/mol. The summed E-state index contributed by atoms with van der Waals surface area (Å²) in [6, 6.07) is 13.8. The van der Waals surface area contributed by atoms with Crippen molar-refractivity contribution in [3.8, 4) is 17.2 Å². The minimum Gasteiger partial charge on any atom is -0.493 e. The summed E-state index contributed by atoms with van der Waals surface area (Å²) in [6.45, 7) is 4.74. The number of carbonyl (C=O) groups excluding carboxylic acids is 1. The lowest BCUT2D eigenvalue weighted by Gasteiger charge is -2.37. The molecular formula is C22H29N3O4. The van der Waals surface area contributed by atoms with E-state index in [2.05, 4.69) is 10.2 Å². The Morgan fingerprint density at radius 1 is 0.931 bits per heavy atom. The van der Waals surface area contributed by atoms with Gasteiger partial charge < -0.3 is 29.3 Å². The molecule has 0 bridgehead atoms. The number of nitrogens with one attached hydrogen (secondary N) is 1. The van der Waals surface area contributed by atoms with Crippen molar-refractivity contribution in [1.29, 1.82) is 0 Å². The van der Waals surface area contributed by atoms with Gasteiger partial charge in [-0.1, -0.05) is 30.3 Å². The fourth-order valence-electron chi connectivity index (χ4n) is 3.52. The summed E-state index contributed by atoms with van der Waals surface area (Å²) >= 11 is 0. The first-order chi connectivity index (χ1) is 14.1. The van der Waals surface area contributed by atoms with E-state index in [1.165, 1.54) is 0 Å². The number of anilines is 1. The molecule has 0 aliphatic carbocycles. The molecule has 156 valence electrons. The number of hydrogen-bond donors (Lipinski definition) is 1. The maximum atomic E-state index is 12.6. The topological polar surface area (TPSA) is 63.3 Å². The van der Waals surface area contributed by atoms with Crippen LogP contribution in [0.25, 0.3) is 0 Å². The summed E-state index contributed by atoms with van der Waals surface area (Å²) in [7, 11) is 4.81. The number of piperazine rings is 1. The standard InChI is InChI=1S/C22H29N3O4/c1-16(17-8-6-5-7-9-17)23-22(26)25-12-10-24(11-13-25)18-14-19(27-2)21(29-4)20(15-18)28-3/h5-9,14-16H,10-13H2,1-4H3,(H,23,26). The summed E-state index contributed by atoms with van der Waals surface area (Å²) in [5, 5.41) is 3.08. The Bertz CT molecular complexity index is 795. The van der Waals surface area contributed by atoms with Crippen LogP contribution in [0.4, 0.5) is 10.5 Å². The van der Waals surface area contributed by atoms with Gasteiger partial charge in [-0.05, 0) is 12.5 Å². The zero-order chi connectivity index (χ0) is 20.8. The van der Waals surface area contributed by atoms with Crippen molar-refractivity contribution in [2.45, 2.75) is 13.0 Å². The van der Waals surface area contributed by atoms with E-state index in [0.717, 1.165) is 24.3 Å². The van der Waals surface area contributed by atoms with Crippen LogP contribution in [0.2, 0.25) is 0 Å². The number of hydrogen-bond acceptors (Lipinski definition) is 5. The second kappa shape index (κ2) is 9.41. The number of amides is 2. The third kappa shape index (κ3) is 4.67. The van der Waals surface area contributed by atoms with E-state index in [0.29, 0.717) is 30.3 Å². The van der Waals surface area contributed by atoms with Crippen LogP contribution >= 0.6 is 0 Å². The quantitative estimate of drug-likeness (QED) is 0.808. The molecule has 1 aliphatic heterocycles. The van der Waals surface area contributed by atoms with Gasteiger partial charge in [0.1, 0.15) is 0 Å². The van der Waals surface area contributed by atoms with E-state index in [9.17, 15) is 4.79 Å².